The number of hydrogen-bond acceptors (Lipinski definition) is 4. The summed E-state index contributed by atoms with van der Waals surface area (Å²) < 4.78 is 45.8. The van der Waals surface area contributed by atoms with Crippen LogP contribution in [0.25, 0.3) is 11.0 Å². The van der Waals surface area contributed by atoms with Crippen molar-refractivity contribution in [3.63, 3.8) is 0 Å². The predicted octanol–water partition coefficient (Wildman–Crippen LogP) is 3.61. The minimum Gasteiger partial charge on any atom is -0.455 e. The van der Waals surface area contributed by atoms with Crippen LogP contribution in [0, 0.1) is 0 Å². The molecule has 4 nitrogen and oxygen atoms in total. The van der Waals surface area contributed by atoms with Crippen LogP contribution in [0.2, 0.25) is 0 Å². The number of alkyl halides is 3. The number of nitrogens with one attached hydrogen (secondary N) is 1. The van der Waals surface area contributed by atoms with Crippen LogP contribution in [-0.4, -0.2) is 11.3 Å². The van der Waals surface area contributed by atoms with Crippen LogP contribution in [-0.2, 0) is 5.72 Å². The van der Waals surface area contributed by atoms with Crippen molar-refractivity contribution in [2.24, 2.45) is 0 Å². The van der Waals surface area contributed by atoms with Gasteiger partial charge in [0.1, 0.15) is 5.58 Å². The van der Waals surface area contributed by atoms with E-state index in [1.807, 2.05) is 5.32 Å². The fourth-order valence-corrected chi connectivity index (χ4v) is 2.28. The lowest BCUT2D eigenvalue weighted by atomic mass is 10.1. The minimum absolute atomic E-state index is 0.0214. The molecule has 0 bridgehead atoms. The lowest BCUT2D eigenvalue weighted by molar-refractivity contribution is -0.260. The Morgan fingerprint density at radius 1 is 0.958 bits per heavy atom. The van der Waals surface area contributed by atoms with E-state index in [1.54, 1.807) is 12.1 Å². The molecule has 0 fully saturated rings. The molecule has 1 heterocycles. The van der Waals surface area contributed by atoms with E-state index in [4.69, 9.17) is 4.42 Å². The monoisotopic (exact) mass is 335 g/mol. The zero-order chi connectivity index (χ0) is 17.4. The Morgan fingerprint density at radius 3 is 2.25 bits per heavy atom. The number of benzene rings is 2. The SMILES string of the molecule is O=c1cc(C(O)(Nc2ccccc2)C(F)(F)F)oc2ccccc12. The number of para-hydroxylation sites is 2. The molecular formula is C17H12F3NO3. The van der Waals surface area contributed by atoms with Gasteiger partial charge in [-0.2, -0.15) is 13.2 Å². The molecule has 0 aliphatic heterocycles. The lowest BCUT2D eigenvalue weighted by Crippen LogP contribution is -2.49. The zero-order valence-corrected chi connectivity index (χ0v) is 12.2. The topological polar surface area (TPSA) is 62.5 Å². The second-order valence-electron chi connectivity index (χ2n) is 5.17. The van der Waals surface area contributed by atoms with Gasteiger partial charge in [0.05, 0.1) is 5.39 Å². The van der Waals surface area contributed by atoms with Gasteiger partial charge in [0.2, 0.25) is 0 Å². The smallest absolute Gasteiger partial charge is 0.444 e. The molecule has 0 aliphatic rings. The standard InChI is InChI=1S/C17H12F3NO3/c18-17(19,20)16(23,21-11-6-2-1-3-7-11)15-10-13(22)12-8-4-5-9-14(12)24-15/h1-10,21,23H. The molecule has 0 amide bonds. The Bertz CT molecular complexity index is 922. The highest BCUT2D eigenvalue weighted by Gasteiger charge is 2.58. The molecule has 3 rings (SSSR count). The van der Waals surface area contributed by atoms with Crippen molar-refractivity contribution in [3.05, 3.63) is 76.6 Å². The fraction of sp³-hybridized carbons (Fsp3) is 0.118. The number of halogens is 3. The molecule has 1 aromatic heterocycles. The van der Waals surface area contributed by atoms with Gasteiger partial charge in [0.25, 0.3) is 5.72 Å². The summed E-state index contributed by atoms with van der Waals surface area (Å²) in [5, 5.41) is 12.4. The van der Waals surface area contributed by atoms with E-state index in [-0.39, 0.29) is 16.7 Å². The van der Waals surface area contributed by atoms with Gasteiger partial charge < -0.3 is 14.8 Å². The van der Waals surface area contributed by atoms with Crippen LogP contribution in [0.1, 0.15) is 5.76 Å². The van der Waals surface area contributed by atoms with Gasteiger partial charge in [-0.05, 0) is 24.3 Å². The minimum atomic E-state index is -5.12. The third kappa shape index (κ3) is 2.74. The first-order valence-electron chi connectivity index (χ1n) is 6.97. The van der Waals surface area contributed by atoms with Crippen molar-refractivity contribution in [1.82, 2.24) is 0 Å². The van der Waals surface area contributed by atoms with Crippen molar-refractivity contribution in [3.8, 4) is 0 Å². The third-order valence-electron chi connectivity index (χ3n) is 3.50. The second-order valence-corrected chi connectivity index (χ2v) is 5.17. The maximum absolute atomic E-state index is 13.5. The Labute approximate surface area is 134 Å². The molecule has 7 heteroatoms. The highest BCUT2D eigenvalue weighted by Crippen LogP contribution is 2.39. The van der Waals surface area contributed by atoms with E-state index in [1.165, 1.54) is 42.5 Å². The van der Waals surface area contributed by atoms with E-state index < -0.39 is 23.1 Å². The Hall–Kier alpha value is -2.80. The Kier molecular flexibility index (Phi) is 3.81. The first-order valence-corrected chi connectivity index (χ1v) is 6.97. The van der Waals surface area contributed by atoms with E-state index in [0.717, 1.165) is 0 Å². The van der Waals surface area contributed by atoms with Crippen LogP contribution in [0.15, 0.2) is 69.9 Å². The summed E-state index contributed by atoms with van der Waals surface area (Å²) in [6, 6.07) is 13.9. The maximum atomic E-state index is 13.5. The Morgan fingerprint density at radius 2 is 1.58 bits per heavy atom. The zero-order valence-electron chi connectivity index (χ0n) is 12.2. The molecular weight excluding hydrogens is 323 g/mol. The molecule has 0 saturated heterocycles. The number of aliphatic hydroxyl groups is 1. The van der Waals surface area contributed by atoms with Crippen LogP contribution >= 0.6 is 0 Å². The van der Waals surface area contributed by atoms with Gasteiger partial charge >= 0.3 is 6.18 Å². The normalized spacial score (nSPS) is 14.3. The number of anilines is 1. The van der Waals surface area contributed by atoms with Gasteiger partial charge in [-0.3, -0.25) is 4.79 Å². The van der Waals surface area contributed by atoms with Gasteiger partial charge in [-0.25, -0.2) is 0 Å². The second kappa shape index (κ2) is 5.68. The molecule has 24 heavy (non-hydrogen) atoms. The molecule has 3 aromatic rings. The van der Waals surface area contributed by atoms with E-state index >= 15 is 0 Å². The van der Waals surface area contributed by atoms with Gasteiger partial charge in [-0.1, -0.05) is 30.3 Å². The molecule has 1 unspecified atom stereocenters. The average Bonchev–Trinajstić information content (AvgIpc) is 2.54. The molecule has 1 atom stereocenters. The summed E-state index contributed by atoms with van der Waals surface area (Å²) >= 11 is 0. The van der Waals surface area contributed by atoms with Crippen LogP contribution < -0.4 is 10.7 Å². The van der Waals surface area contributed by atoms with Gasteiger partial charge in [0.15, 0.2) is 11.2 Å². The summed E-state index contributed by atoms with van der Waals surface area (Å²) in [5.74, 6) is -0.928. The van der Waals surface area contributed by atoms with Crippen molar-refractivity contribution in [1.29, 1.82) is 0 Å². The largest absolute Gasteiger partial charge is 0.455 e. The highest BCUT2D eigenvalue weighted by atomic mass is 19.4. The average molecular weight is 335 g/mol. The first kappa shape index (κ1) is 16.1. The summed E-state index contributed by atoms with van der Waals surface area (Å²) in [7, 11) is 0. The van der Waals surface area contributed by atoms with Crippen LogP contribution in [0.5, 0.6) is 0 Å². The highest BCUT2D eigenvalue weighted by molar-refractivity contribution is 5.76. The Balaban J connectivity index is 2.18. The quantitative estimate of drug-likeness (QED) is 0.718. The first-order chi connectivity index (χ1) is 11.3. The molecule has 2 aromatic carbocycles. The summed E-state index contributed by atoms with van der Waals surface area (Å²) in [5.41, 5.74) is -4.24. The van der Waals surface area contributed by atoms with E-state index in [9.17, 15) is 23.1 Å². The molecule has 0 radical (unpaired) electrons. The van der Waals surface area contributed by atoms with Crippen molar-refractivity contribution in [2.75, 3.05) is 5.32 Å². The predicted molar refractivity (Wildman–Crippen MR) is 82.5 cm³/mol. The fourth-order valence-electron chi connectivity index (χ4n) is 2.28. The van der Waals surface area contributed by atoms with E-state index in [2.05, 4.69) is 0 Å². The number of hydrogen-bond donors (Lipinski definition) is 2. The lowest BCUT2D eigenvalue weighted by Gasteiger charge is -2.31. The number of fused-ring (bicyclic) bond motifs is 1. The molecule has 2 N–H and O–H groups in total. The van der Waals surface area contributed by atoms with E-state index in [0.29, 0.717) is 6.07 Å². The molecule has 0 spiro atoms. The van der Waals surface area contributed by atoms with Gasteiger partial charge in [-0.15, -0.1) is 0 Å². The van der Waals surface area contributed by atoms with Crippen LogP contribution in [0.4, 0.5) is 18.9 Å². The van der Waals surface area contributed by atoms with Crippen molar-refractivity contribution < 1.29 is 22.7 Å². The maximum Gasteiger partial charge on any atom is 0.444 e. The number of rotatable bonds is 3. The summed E-state index contributed by atoms with van der Waals surface area (Å²) in [6.07, 6.45) is -5.12. The molecule has 124 valence electrons. The van der Waals surface area contributed by atoms with Crippen molar-refractivity contribution in [2.45, 2.75) is 11.9 Å². The molecule has 0 saturated carbocycles. The van der Waals surface area contributed by atoms with Crippen LogP contribution in [0.3, 0.4) is 0 Å². The summed E-state index contributed by atoms with van der Waals surface area (Å²) in [4.78, 5) is 12.1. The van der Waals surface area contributed by atoms with Gasteiger partial charge in [0, 0.05) is 11.8 Å². The molecule has 0 aliphatic carbocycles. The third-order valence-corrected chi connectivity index (χ3v) is 3.50. The van der Waals surface area contributed by atoms with Crippen molar-refractivity contribution >= 4 is 16.7 Å². The summed E-state index contributed by atoms with van der Waals surface area (Å²) in [6.45, 7) is 0.